The molecule has 0 bridgehead atoms. The molecule has 2 heterocycles. The molecule has 1 atom stereocenters. The minimum atomic E-state index is -0.655. The maximum absolute atomic E-state index is 15.1. The summed E-state index contributed by atoms with van der Waals surface area (Å²) in [6.45, 7) is 1.89. The fourth-order valence-electron chi connectivity index (χ4n) is 4.03. The fourth-order valence-corrected chi connectivity index (χ4v) is 4.50. The molecule has 11 heteroatoms. The SMILES string of the molecule is COc1cc(N2CCN(c3ccc(Br)c(Cl)c3F)CC2)c(F)cc1NC1CCC(=O)NC1=O. The molecule has 4 rings (SSSR count). The molecular weight excluding hydrogens is 522 g/mol. The zero-order chi connectivity index (χ0) is 23.7. The van der Waals surface area contributed by atoms with E-state index in [0.717, 1.165) is 0 Å². The summed E-state index contributed by atoms with van der Waals surface area (Å²) in [5, 5.41) is 5.27. The summed E-state index contributed by atoms with van der Waals surface area (Å²) in [5.41, 5.74) is 1.10. The largest absolute Gasteiger partial charge is 0.495 e. The summed E-state index contributed by atoms with van der Waals surface area (Å²) in [4.78, 5) is 27.1. The Morgan fingerprint density at radius 1 is 1.12 bits per heavy atom. The number of nitrogens with one attached hydrogen (secondary N) is 2. The number of carbonyl (C=O) groups is 2. The van der Waals surface area contributed by atoms with Crippen molar-refractivity contribution < 1.29 is 23.1 Å². The normalized spacial score (nSPS) is 18.9. The minimum absolute atomic E-state index is 0.0322. The smallest absolute Gasteiger partial charge is 0.249 e. The Morgan fingerprint density at radius 2 is 1.79 bits per heavy atom. The van der Waals surface area contributed by atoms with Crippen molar-refractivity contribution in [3.63, 3.8) is 0 Å². The van der Waals surface area contributed by atoms with E-state index in [9.17, 15) is 14.0 Å². The van der Waals surface area contributed by atoms with Gasteiger partial charge >= 0.3 is 0 Å². The van der Waals surface area contributed by atoms with Crippen LogP contribution in [0.3, 0.4) is 0 Å². The second-order valence-electron chi connectivity index (χ2n) is 7.82. The number of nitrogens with zero attached hydrogens (tertiary/aromatic N) is 2. The number of piperazine rings is 1. The van der Waals surface area contributed by atoms with Crippen LogP contribution in [-0.4, -0.2) is 51.1 Å². The van der Waals surface area contributed by atoms with Crippen molar-refractivity contribution in [2.75, 3.05) is 48.4 Å². The second kappa shape index (κ2) is 9.72. The lowest BCUT2D eigenvalue weighted by atomic mass is 10.1. The van der Waals surface area contributed by atoms with Crippen LogP contribution < -0.4 is 25.2 Å². The maximum atomic E-state index is 15.1. The summed E-state index contributed by atoms with van der Waals surface area (Å²) < 4.78 is 35.5. The van der Waals surface area contributed by atoms with Crippen LogP contribution in [0.1, 0.15) is 12.8 Å². The van der Waals surface area contributed by atoms with Crippen LogP contribution >= 0.6 is 27.5 Å². The number of halogens is 4. The van der Waals surface area contributed by atoms with Crippen molar-refractivity contribution in [2.45, 2.75) is 18.9 Å². The number of carbonyl (C=O) groups excluding carboxylic acids is 2. The van der Waals surface area contributed by atoms with Crippen LogP contribution in [0, 0.1) is 11.6 Å². The molecule has 2 amide bonds. The third-order valence-electron chi connectivity index (χ3n) is 5.81. The monoisotopic (exact) mass is 542 g/mol. The van der Waals surface area contributed by atoms with Gasteiger partial charge in [-0.15, -0.1) is 0 Å². The molecule has 2 aliphatic rings. The number of amides is 2. The summed E-state index contributed by atoms with van der Waals surface area (Å²) >= 11 is 9.23. The van der Waals surface area contributed by atoms with Gasteiger partial charge in [0.1, 0.15) is 17.6 Å². The molecule has 2 aromatic rings. The van der Waals surface area contributed by atoms with Gasteiger partial charge in [-0.05, 0) is 34.5 Å². The summed E-state index contributed by atoms with van der Waals surface area (Å²) in [5.74, 6) is -1.36. The van der Waals surface area contributed by atoms with E-state index in [4.69, 9.17) is 16.3 Å². The lowest BCUT2D eigenvalue weighted by Gasteiger charge is -2.38. The number of hydrogen-bond acceptors (Lipinski definition) is 6. The number of hydrogen-bond donors (Lipinski definition) is 2. The molecule has 1 unspecified atom stereocenters. The van der Waals surface area contributed by atoms with Gasteiger partial charge in [0.25, 0.3) is 0 Å². The molecule has 2 aromatic carbocycles. The number of imide groups is 1. The molecule has 2 aliphatic heterocycles. The number of rotatable bonds is 5. The summed E-state index contributed by atoms with van der Waals surface area (Å²) in [6, 6.07) is 5.58. The van der Waals surface area contributed by atoms with Gasteiger partial charge in [-0.2, -0.15) is 0 Å². The van der Waals surface area contributed by atoms with Crippen LogP contribution in [0.5, 0.6) is 5.75 Å². The zero-order valence-electron chi connectivity index (χ0n) is 17.8. The van der Waals surface area contributed by atoms with Crippen molar-refractivity contribution in [3.05, 3.63) is 45.4 Å². The van der Waals surface area contributed by atoms with Crippen molar-refractivity contribution in [3.8, 4) is 5.75 Å². The molecule has 0 saturated carbocycles. The highest BCUT2D eigenvalue weighted by Crippen LogP contribution is 2.36. The third-order valence-corrected chi connectivity index (χ3v) is 7.07. The number of methoxy groups -OCH3 is 1. The van der Waals surface area contributed by atoms with Crippen LogP contribution in [0.25, 0.3) is 0 Å². The third kappa shape index (κ3) is 4.86. The molecule has 0 aromatic heterocycles. The molecular formula is C22H22BrClF2N4O3. The van der Waals surface area contributed by atoms with Crippen LogP contribution in [0.4, 0.5) is 25.8 Å². The van der Waals surface area contributed by atoms with Gasteiger partial charge in [-0.1, -0.05) is 11.6 Å². The van der Waals surface area contributed by atoms with E-state index in [2.05, 4.69) is 26.6 Å². The molecule has 176 valence electrons. The Bertz CT molecular complexity index is 1100. The highest BCUT2D eigenvalue weighted by Gasteiger charge is 2.28. The molecule has 2 N–H and O–H groups in total. The Morgan fingerprint density at radius 3 is 2.42 bits per heavy atom. The minimum Gasteiger partial charge on any atom is -0.495 e. The van der Waals surface area contributed by atoms with E-state index < -0.39 is 23.6 Å². The van der Waals surface area contributed by atoms with Gasteiger partial charge in [-0.3, -0.25) is 14.9 Å². The van der Waals surface area contributed by atoms with Crippen LogP contribution in [0.2, 0.25) is 5.02 Å². The second-order valence-corrected chi connectivity index (χ2v) is 9.05. The Kier molecular flexibility index (Phi) is 6.94. The fraction of sp³-hybridized carbons (Fsp3) is 0.364. The van der Waals surface area contributed by atoms with Gasteiger partial charge < -0.3 is 19.9 Å². The van der Waals surface area contributed by atoms with E-state index in [1.165, 1.54) is 13.2 Å². The molecule has 7 nitrogen and oxygen atoms in total. The number of ether oxygens (including phenoxy) is 1. The lowest BCUT2D eigenvalue weighted by molar-refractivity contribution is -0.133. The molecule has 2 saturated heterocycles. The Balaban J connectivity index is 1.48. The van der Waals surface area contributed by atoms with Crippen molar-refractivity contribution in [1.82, 2.24) is 5.32 Å². The Hall–Kier alpha value is -2.59. The standard InChI is InChI=1S/C22H22BrClF2N4O3/c1-33-18-11-17(13(25)10-15(18)27-14-3-5-19(31)28-22(14)32)30-8-6-29(7-9-30)16-4-2-12(23)20(24)21(16)26/h2,4,10-11,14,27H,3,5-9H2,1H3,(H,28,31,32). The van der Waals surface area contributed by atoms with Gasteiger partial charge in [0.2, 0.25) is 11.8 Å². The first-order valence-corrected chi connectivity index (χ1v) is 11.6. The topological polar surface area (TPSA) is 73.9 Å². The predicted molar refractivity (Wildman–Crippen MR) is 126 cm³/mol. The molecule has 0 aliphatic carbocycles. The molecule has 0 radical (unpaired) electrons. The van der Waals surface area contributed by atoms with Crippen LogP contribution in [-0.2, 0) is 9.59 Å². The molecule has 33 heavy (non-hydrogen) atoms. The van der Waals surface area contributed by atoms with Gasteiger partial charge in [0, 0.05) is 49.2 Å². The van der Waals surface area contributed by atoms with Crippen LogP contribution in [0.15, 0.2) is 28.7 Å². The average Bonchev–Trinajstić information content (AvgIpc) is 2.80. The van der Waals surface area contributed by atoms with E-state index in [-0.39, 0.29) is 17.4 Å². The van der Waals surface area contributed by atoms with Crippen molar-refractivity contribution in [1.29, 1.82) is 0 Å². The highest BCUT2D eigenvalue weighted by atomic mass is 79.9. The first-order chi connectivity index (χ1) is 15.8. The van der Waals surface area contributed by atoms with Gasteiger partial charge in [0.05, 0.1) is 29.2 Å². The Labute approximate surface area is 203 Å². The summed E-state index contributed by atoms with van der Waals surface area (Å²) in [7, 11) is 1.46. The number of anilines is 3. The van der Waals surface area contributed by atoms with Gasteiger partial charge in [-0.25, -0.2) is 8.78 Å². The maximum Gasteiger partial charge on any atom is 0.249 e. The quantitative estimate of drug-likeness (QED) is 0.440. The molecule has 0 spiro atoms. The van der Waals surface area contributed by atoms with E-state index in [1.54, 1.807) is 18.2 Å². The predicted octanol–water partition coefficient (Wildman–Crippen LogP) is 3.93. The lowest BCUT2D eigenvalue weighted by Crippen LogP contribution is -2.47. The van der Waals surface area contributed by atoms with E-state index in [1.807, 2.05) is 9.80 Å². The van der Waals surface area contributed by atoms with E-state index in [0.29, 0.717) is 59.9 Å². The zero-order valence-corrected chi connectivity index (χ0v) is 20.1. The van der Waals surface area contributed by atoms with Gasteiger partial charge in [0.15, 0.2) is 5.82 Å². The number of piperidine rings is 1. The summed E-state index contributed by atoms with van der Waals surface area (Å²) in [6.07, 6.45) is 0.524. The molecule has 2 fully saturated rings. The average molecular weight is 544 g/mol. The van der Waals surface area contributed by atoms with E-state index >= 15 is 4.39 Å². The number of benzene rings is 2. The van der Waals surface area contributed by atoms with Crippen molar-refractivity contribution >= 4 is 56.4 Å². The highest BCUT2D eigenvalue weighted by molar-refractivity contribution is 9.10. The van der Waals surface area contributed by atoms with Crippen molar-refractivity contribution in [2.24, 2.45) is 0 Å². The first-order valence-electron chi connectivity index (χ1n) is 10.4. The first kappa shape index (κ1) is 23.6.